The summed E-state index contributed by atoms with van der Waals surface area (Å²) >= 11 is 0. The maximum Gasteiger partial charge on any atom is 0.295 e. The zero-order valence-electron chi connectivity index (χ0n) is 29.7. The smallest absolute Gasteiger partial charge is 0.289 e. The maximum atomic E-state index is 13.2. The third-order valence-electron chi connectivity index (χ3n) is 8.02. The molecule has 248 valence electrons. The Morgan fingerprint density at radius 3 is 1.36 bits per heavy atom. The summed E-state index contributed by atoms with van der Waals surface area (Å²) in [5, 5.41) is 15.7. The van der Waals surface area contributed by atoms with Crippen molar-refractivity contribution in [3.05, 3.63) is 106 Å². The molecule has 1 unspecified atom stereocenters. The molecule has 0 heterocycles. The number of ketones is 2. The highest BCUT2D eigenvalue weighted by atomic mass is 16.2. The molecule has 8 heteroatoms. The quantitative estimate of drug-likeness (QED) is 0.277. The van der Waals surface area contributed by atoms with E-state index in [9.17, 15) is 19.2 Å². The van der Waals surface area contributed by atoms with Crippen LogP contribution in [0.5, 0.6) is 0 Å². The van der Waals surface area contributed by atoms with Crippen molar-refractivity contribution in [1.29, 1.82) is 0 Å². The molecule has 0 aromatic heterocycles. The van der Waals surface area contributed by atoms with E-state index in [1.54, 1.807) is 12.2 Å². The van der Waals surface area contributed by atoms with Gasteiger partial charge in [0, 0.05) is 33.4 Å². The molecule has 0 fully saturated rings. The van der Waals surface area contributed by atoms with E-state index < -0.39 is 11.8 Å². The van der Waals surface area contributed by atoms with Gasteiger partial charge in [-0.2, -0.15) is 10.2 Å². The van der Waals surface area contributed by atoms with Crippen molar-refractivity contribution in [3.8, 4) is 0 Å². The van der Waals surface area contributed by atoms with E-state index in [1.165, 1.54) is 36.7 Å². The number of hydrogen-bond donors (Lipinski definition) is 0. The molecular formula is C39H48N4O4. The summed E-state index contributed by atoms with van der Waals surface area (Å²) in [4.78, 5) is 51.7. The lowest BCUT2D eigenvalue weighted by Crippen LogP contribution is -2.27. The van der Waals surface area contributed by atoms with Crippen molar-refractivity contribution in [2.75, 3.05) is 0 Å². The summed E-state index contributed by atoms with van der Waals surface area (Å²) in [5.74, 6) is -0.976. The fourth-order valence-corrected chi connectivity index (χ4v) is 5.27. The van der Waals surface area contributed by atoms with Gasteiger partial charge >= 0.3 is 0 Å². The average Bonchev–Trinajstić information content (AvgIpc) is 2.96. The Morgan fingerprint density at radius 2 is 1.00 bits per heavy atom. The number of hydrogen-bond acceptors (Lipinski definition) is 6. The molecule has 2 aliphatic carbocycles. The molecule has 1 atom stereocenters. The second-order valence-corrected chi connectivity index (χ2v) is 15.2. The number of carbonyl (C=O) groups excluding carboxylic acids is 4. The van der Waals surface area contributed by atoms with Crippen LogP contribution in [-0.2, 0) is 9.59 Å². The molecule has 0 bridgehead atoms. The van der Waals surface area contributed by atoms with Crippen molar-refractivity contribution in [3.63, 3.8) is 0 Å². The molecule has 47 heavy (non-hydrogen) atoms. The van der Waals surface area contributed by atoms with Crippen molar-refractivity contribution in [2.24, 2.45) is 42.6 Å². The number of benzene rings is 1. The van der Waals surface area contributed by atoms with E-state index in [1.807, 2.05) is 81.4 Å². The second kappa shape index (κ2) is 14.5. The number of nitrogens with zero attached hydrogens (tertiary/aromatic N) is 4. The Morgan fingerprint density at radius 1 is 0.638 bits per heavy atom. The van der Waals surface area contributed by atoms with Crippen molar-refractivity contribution < 1.29 is 19.2 Å². The van der Waals surface area contributed by atoms with Crippen LogP contribution in [0.4, 0.5) is 0 Å². The third kappa shape index (κ3) is 9.53. The number of allylic oxidation sites excluding steroid dienone is 10. The molecule has 2 aliphatic rings. The summed E-state index contributed by atoms with van der Waals surface area (Å²) < 4.78 is 0. The summed E-state index contributed by atoms with van der Waals surface area (Å²) in [6.45, 7) is 22.1. The van der Waals surface area contributed by atoms with Gasteiger partial charge in [0.2, 0.25) is 0 Å². The fourth-order valence-electron chi connectivity index (χ4n) is 5.27. The fraction of sp³-hybridized carbons (Fsp3) is 0.436. The van der Waals surface area contributed by atoms with E-state index in [-0.39, 0.29) is 44.9 Å². The van der Waals surface area contributed by atoms with Gasteiger partial charge in [-0.1, -0.05) is 82.6 Å². The molecule has 3 rings (SSSR count). The monoisotopic (exact) mass is 636 g/mol. The van der Waals surface area contributed by atoms with Crippen LogP contribution in [0.3, 0.4) is 0 Å². The van der Waals surface area contributed by atoms with Crippen LogP contribution in [0, 0.1) is 22.2 Å². The topological polar surface area (TPSA) is 118 Å². The number of Topliss-reactive ketones (excluding diaryl/α,β-unsaturated/α-hetero) is 2. The lowest BCUT2D eigenvalue weighted by Gasteiger charge is -2.31. The van der Waals surface area contributed by atoms with Crippen LogP contribution < -0.4 is 0 Å². The van der Waals surface area contributed by atoms with Gasteiger partial charge in [-0.15, -0.1) is 10.2 Å². The highest BCUT2D eigenvalue weighted by Gasteiger charge is 2.34. The lowest BCUT2D eigenvalue weighted by molar-refractivity contribution is -0.114. The van der Waals surface area contributed by atoms with Gasteiger partial charge < -0.3 is 0 Å². The minimum atomic E-state index is -0.577. The molecule has 0 radical (unpaired) electrons. The van der Waals surface area contributed by atoms with E-state index in [2.05, 4.69) is 27.4 Å². The predicted molar refractivity (Wildman–Crippen MR) is 186 cm³/mol. The van der Waals surface area contributed by atoms with Crippen molar-refractivity contribution in [1.82, 2.24) is 0 Å². The Kier molecular flexibility index (Phi) is 11.4. The Balaban J connectivity index is 1.76. The van der Waals surface area contributed by atoms with Crippen LogP contribution in [0.25, 0.3) is 0 Å². The van der Waals surface area contributed by atoms with Crippen LogP contribution in [0.2, 0.25) is 0 Å². The van der Waals surface area contributed by atoms with Gasteiger partial charge in [0.25, 0.3) is 11.8 Å². The Hall–Kier alpha value is -4.46. The number of azo groups is 2. The molecule has 1 aromatic carbocycles. The highest BCUT2D eigenvalue weighted by molar-refractivity contribution is 6.12. The zero-order valence-corrected chi connectivity index (χ0v) is 29.7. The minimum absolute atomic E-state index is 0.0148. The van der Waals surface area contributed by atoms with E-state index in [0.717, 1.165) is 18.4 Å². The van der Waals surface area contributed by atoms with E-state index in [4.69, 9.17) is 0 Å². The zero-order chi connectivity index (χ0) is 35.3. The van der Waals surface area contributed by atoms with Gasteiger partial charge in [0.15, 0.2) is 11.6 Å². The molecule has 8 nitrogen and oxygen atoms in total. The largest absolute Gasteiger partial charge is 0.295 e. The Bertz CT molecular complexity index is 1650. The first kappa shape index (κ1) is 37.0. The predicted octanol–water partition coefficient (Wildman–Crippen LogP) is 10.1. The average molecular weight is 637 g/mol. The summed E-state index contributed by atoms with van der Waals surface area (Å²) in [5.41, 5.74) is 3.63. The number of rotatable bonds is 7. The summed E-state index contributed by atoms with van der Waals surface area (Å²) in [7, 11) is 0. The molecule has 0 saturated heterocycles. The molecular weight excluding hydrogens is 588 g/mol. The molecule has 2 amide bonds. The van der Waals surface area contributed by atoms with Crippen LogP contribution in [0.1, 0.15) is 110 Å². The number of amides is 2. The van der Waals surface area contributed by atoms with Gasteiger partial charge in [-0.25, -0.2) is 0 Å². The van der Waals surface area contributed by atoms with Gasteiger partial charge in [-0.05, 0) is 88.3 Å². The molecule has 1 aromatic rings. The van der Waals surface area contributed by atoms with E-state index >= 15 is 0 Å². The van der Waals surface area contributed by atoms with Crippen molar-refractivity contribution >= 4 is 23.4 Å². The Labute approximate surface area is 279 Å². The standard InChI is InChI=1S/C39H48N4O4/c1-12-13-24(2)29-18-25(19-30(33(29)44)37(3,4)5)22-40-42-35(46)27-14-16-28(17-15-27)36(47)43-41-23-26-20-31(38(6,7)8)34(45)32(21-26)39(9,10)11/h14-24H,12-13H2,1-11H3/b25-22-,42-40?,43-41?. The van der Waals surface area contributed by atoms with Crippen LogP contribution in [-0.4, -0.2) is 23.4 Å². The molecule has 0 saturated carbocycles. The number of carbonyl (C=O) groups is 4. The molecule has 0 spiro atoms. The summed E-state index contributed by atoms with van der Waals surface area (Å²) in [6.07, 6.45) is 12.1. The first-order chi connectivity index (χ1) is 21.7. The van der Waals surface area contributed by atoms with Gasteiger partial charge in [0.05, 0.1) is 12.4 Å². The first-order valence-electron chi connectivity index (χ1n) is 16.1. The lowest BCUT2D eigenvalue weighted by atomic mass is 9.72. The van der Waals surface area contributed by atoms with Crippen LogP contribution in [0.15, 0.2) is 115 Å². The highest BCUT2D eigenvalue weighted by Crippen LogP contribution is 2.39. The van der Waals surface area contributed by atoms with Gasteiger partial charge in [0.1, 0.15) is 0 Å². The first-order valence-corrected chi connectivity index (χ1v) is 16.1. The molecule has 0 N–H and O–H groups in total. The third-order valence-corrected chi connectivity index (χ3v) is 8.02. The summed E-state index contributed by atoms with van der Waals surface area (Å²) in [6, 6.07) is 5.94. The van der Waals surface area contributed by atoms with Gasteiger partial charge in [-0.3, -0.25) is 19.2 Å². The SMILES string of the molecule is CCCC(C)C1=C/C(=C/N=NC(=O)c2ccc(C(=O)N=NC=C3C=C(C(C)(C)C)C(=O)C(C(C)(C)C)=C3)cc2)C=C(C(C)(C)C)C1=O. The van der Waals surface area contributed by atoms with Crippen LogP contribution >= 0.6 is 0 Å². The van der Waals surface area contributed by atoms with Crippen molar-refractivity contribution in [2.45, 2.75) is 89.0 Å². The second-order valence-electron chi connectivity index (χ2n) is 15.2. The minimum Gasteiger partial charge on any atom is -0.289 e. The normalized spacial score (nSPS) is 17.9. The molecule has 0 aliphatic heterocycles. The van der Waals surface area contributed by atoms with E-state index in [0.29, 0.717) is 27.9 Å². The maximum absolute atomic E-state index is 13.2.